The second-order valence-corrected chi connectivity index (χ2v) is 6.84. The Kier molecular flexibility index (Phi) is 5.23. The van der Waals surface area contributed by atoms with E-state index < -0.39 is 17.9 Å². The number of oxazole rings is 1. The Morgan fingerprint density at radius 2 is 2.17 bits per heavy atom. The predicted octanol–water partition coefficient (Wildman–Crippen LogP) is 2.83. The first-order valence-electron chi connectivity index (χ1n) is 9.15. The van der Waals surface area contributed by atoms with Gasteiger partial charge in [-0.15, -0.1) is 0 Å². The smallest absolute Gasteiger partial charge is 0.338 e. The number of carbonyl (C=O) groups is 2. The van der Waals surface area contributed by atoms with Gasteiger partial charge in [0.2, 0.25) is 0 Å². The first-order valence-corrected chi connectivity index (χ1v) is 9.56. The van der Waals surface area contributed by atoms with Crippen LogP contribution in [0.2, 0.25) is 0 Å². The van der Waals surface area contributed by atoms with Gasteiger partial charge in [0, 0.05) is 11.3 Å². The monoisotopic (exact) mass is 426 g/mol. The molecule has 0 saturated heterocycles. The average Bonchev–Trinajstić information content (AvgIpc) is 3.40. The maximum Gasteiger partial charge on any atom is 0.338 e. The fourth-order valence-electron chi connectivity index (χ4n) is 3.22. The van der Waals surface area contributed by atoms with Gasteiger partial charge in [0.1, 0.15) is 17.3 Å². The largest absolute Gasteiger partial charge is 0.467 e. The van der Waals surface area contributed by atoms with Crippen LogP contribution in [0.25, 0.3) is 11.1 Å². The van der Waals surface area contributed by atoms with Crippen LogP contribution >= 0.6 is 12.2 Å². The van der Waals surface area contributed by atoms with Gasteiger partial charge in [0.25, 0.3) is 5.91 Å². The molecule has 1 aromatic carbocycles. The van der Waals surface area contributed by atoms with Gasteiger partial charge in [-0.3, -0.25) is 10.2 Å². The molecule has 0 fully saturated rings. The third kappa shape index (κ3) is 3.52. The van der Waals surface area contributed by atoms with Gasteiger partial charge >= 0.3 is 5.97 Å². The Balaban J connectivity index is 1.70. The molecule has 1 amide bonds. The van der Waals surface area contributed by atoms with E-state index in [2.05, 4.69) is 15.7 Å². The molecule has 1 aliphatic rings. The molecular formula is C20H18N4O5S. The second-order valence-electron chi connectivity index (χ2n) is 6.45. The number of aromatic nitrogens is 1. The van der Waals surface area contributed by atoms with E-state index in [1.165, 1.54) is 17.7 Å². The number of hydrogen-bond donors (Lipinski definition) is 2. The first kappa shape index (κ1) is 19.6. The maximum atomic E-state index is 13.0. The van der Waals surface area contributed by atoms with E-state index in [4.69, 9.17) is 25.8 Å². The molecule has 10 heteroatoms. The summed E-state index contributed by atoms with van der Waals surface area (Å²) in [5.41, 5.74) is 5.03. The topological polar surface area (TPSA) is 110 Å². The molecule has 4 rings (SSSR count). The van der Waals surface area contributed by atoms with Crippen LogP contribution in [0.15, 0.2) is 63.1 Å². The number of amides is 1. The molecule has 0 aliphatic carbocycles. The molecule has 30 heavy (non-hydrogen) atoms. The molecule has 2 N–H and O–H groups in total. The molecule has 0 saturated carbocycles. The summed E-state index contributed by atoms with van der Waals surface area (Å²) in [6.45, 7) is 3.64. The van der Waals surface area contributed by atoms with Crippen molar-refractivity contribution in [3.8, 4) is 0 Å². The lowest BCUT2D eigenvalue weighted by Gasteiger charge is -2.38. The number of benzene rings is 1. The van der Waals surface area contributed by atoms with Crippen molar-refractivity contribution in [1.82, 2.24) is 20.7 Å². The minimum Gasteiger partial charge on any atom is -0.467 e. The first-order chi connectivity index (χ1) is 14.5. The van der Waals surface area contributed by atoms with Crippen LogP contribution in [0.5, 0.6) is 0 Å². The van der Waals surface area contributed by atoms with Crippen molar-refractivity contribution in [2.24, 2.45) is 0 Å². The number of ether oxygens (including phenoxy) is 1. The van der Waals surface area contributed by atoms with Crippen LogP contribution in [-0.2, 0) is 9.53 Å². The minimum atomic E-state index is -0.799. The zero-order chi connectivity index (χ0) is 21.3. The van der Waals surface area contributed by atoms with E-state index in [1.54, 1.807) is 44.2 Å². The number of carbonyl (C=O) groups excluding carboxylic acids is 2. The Bertz CT molecular complexity index is 1150. The van der Waals surface area contributed by atoms with E-state index in [9.17, 15) is 9.59 Å². The summed E-state index contributed by atoms with van der Waals surface area (Å²) in [7, 11) is 0. The van der Waals surface area contributed by atoms with Gasteiger partial charge in [-0.25, -0.2) is 14.8 Å². The molecule has 154 valence electrons. The second kappa shape index (κ2) is 7.99. The van der Waals surface area contributed by atoms with Gasteiger partial charge in [-0.2, -0.15) is 0 Å². The molecule has 0 spiro atoms. The van der Waals surface area contributed by atoms with Crippen LogP contribution in [-0.4, -0.2) is 33.6 Å². The molecule has 1 atom stereocenters. The number of furan rings is 1. The quantitative estimate of drug-likeness (QED) is 0.470. The highest BCUT2D eigenvalue weighted by Crippen LogP contribution is 2.33. The van der Waals surface area contributed by atoms with Gasteiger partial charge in [-0.1, -0.05) is 0 Å². The lowest BCUT2D eigenvalue weighted by molar-refractivity contribution is -0.139. The van der Waals surface area contributed by atoms with Crippen LogP contribution < -0.4 is 10.7 Å². The summed E-state index contributed by atoms with van der Waals surface area (Å²) < 4.78 is 16.0. The average molecular weight is 426 g/mol. The highest BCUT2D eigenvalue weighted by atomic mass is 32.1. The maximum absolute atomic E-state index is 13.0. The molecule has 1 unspecified atom stereocenters. The summed E-state index contributed by atoms with van der Waals surface area (Å²) in [4.78, 5) is 29.7. The third-order valence-electron chi connectivity index (χ3n) is 4.57. The summed E-state index contributed by atoms with van der Waals surface area (Å²) in [6.07, 6.45) is 2.79. The number of fused-ring (bicyclic) bond motifs is 1. The van der Waals surface area contributed by atoms with Gasteiger partial charge in [0.15, 0.2) is 17.1 Å². The fraction of sp³-hybridized carbons (Fsp3) is 0.200. The van der Waals surface area contributed by atoms with E-state index >= 15 is 0 Å². The van der Waals surface area contributed by atoms with Crippen molar-refractivity contribution in [3.63, 3.8) is 0 Å². The third-order valence-corrected chi connectivity index (χ3v) is 4.87. The number of thiocarbonyl (C=S) groups is 1. The van der Waals surface area contributed by atoms with Gasteiger partial charge in [-0.05, 0) is 56.4 Å². The lowest BCUT2D eigenvalue weighted by atomic mass is 10.00. The van der Waals surface area contributed by atoms with Crippen molar-refractivity contribution in [2.75, 3.05) is 6.61 Å². The Hall–Kier alpha value is -3.66. The molecular weight excluding hydrogens is 408 g/mol. The Morgan fingerprint density at radius 1 is 1.33 bits per heavy atom. The Labute approximate surface area is 176 Å². The number of nitrogens with one attached hydrogen (secondary N) is 2. The molecule has 2 aromatic heterocycles. The van der Waals surface area contributed by atoms with Crippen molar-refractivity contribution in [2.45, 2.75) is 19.9 Å². The number of hydrazine groups is 1. The highest BCUT2D eigenvalue weighted by molar-refractivity contribution is 7.80. The predicted molar refractivity (Wildman–Crippen MR) is 110 cm³/mol. The van der Waals surface area contributed by atoms with Gasteiger partial charge in [0.05, 0.1) is 18.4 Å². The summed E-state index contributed by atoms with van der Waals surface area (Å²) in [6, 6.07) is 7.46. The number of nitrogens with zero attached hydrogens (tertiary/aromatic N) is 2. The van der Waals surface area contributed by atoms with Crippen molar-refractivity contribution in [3.05, 3.63) is 65.6 Å². The SMILES string of the molecule is CCOC(=O)C1=C(C)NC(=S)N(NC(=O)c2ccc3ocnc3c2)C1c1ccco1. The molecule has 3 aromatic rings. The molecule has 3 heterocycles. The highest BCUT2D eigenvalue weighted by Gasteiger charge is 2.39. The van der Waals surface area contributed by atoms with Crippen LogP contribution in [0.1, 0.15) is 36.0 Å². The van der Waals surface area contributed by atoms with E-state index in [1.807, 2.05) is 0 Å². The summed E-state index contributed by atoms with van der Waals surface area (Å²) in [5, 5.41) is 4.53. The van der Waals surface area contributed by atoms with Crippen molar-refractivity contribution in [1.29, 1.82) is 0 Å². The lowest BCUT2D eigenvalue weighted by Crippen LogP contribution is -2.56. The fourth-order valence-corrected chi connectivity index (χ4v) is 3.52. The van der Waals surface area contributed by atoms with Crippen molar-refractivity contribution < 1.29 is 23.2 Å². The van der Waals surface area contributed by atoms with Crippen LogP contribution in [0.4, 0.5) is 0 Å². The number of esters is 1. The molecule has 0 bridgehead atoms. The zero-order valence-corrected chi connectivity index (χ0v) is 17.0. The van der Waals surface area contributed by atoms with E-state index in [-0.39, 0.29) is 17.3 Å². The number of hydrogen-bond acceptors (Lipinski definition) is 7. The minimum absolute atomic E-state index is 0.203. The summed E-state index contributed by atoms with van der Waals surface area (Å²) >= 11 is 5.44. The molecule has 9 nitrogen and oxygen atoms in total. The standard InChI is InChI=1S/C20H18N4O5S/c1-3-27-19(26)16-11(2)22-20(30)24(17(16)15-5-4-8-28-15)23-18(25)12-6-7-14-13(9-12)21-10-29-14/h4-10,17H,3H2,1-2H3,(H,22,30)(H,23,25). The van der Waals surface area contributed by atoms with E-state index in [0.29, 0.717) is 28.1 Å². The Morgan fingerprint density at radius 3 is 2.90 bits per heavy atom. The van der Waals surface area contributed by atoms with Crippen LogP contribution in [0, 0.1) is 0 Å². The number of rotatable bonds is 5. The molecule has 1 aliphatic heterocycles. The number of allylic oxidation sites excluding steroid dienone is 1. The summed E-state index contributed by atoms with van der Waals surface area (Å²) in [5.74, 6) is -0.549. The van der Waals surface area contributed by atoms with Crippen LogP contribution in [0.3, 0.4) is 0 Å². The zero-order valence-electron chi connectivity index (χ0n) is 16.2. The molecule has 0 radical (unpaired) electrons. The normalized spacial score (nSPS) is 16.5. The van der Waals surface area contributed by atoms with E-state index in [0.717, 1.165) is 0 Å². The van der Waals surface area contributed by atoms with Crippen molar-refractivity contribution >= 4 is 40.3 Å². The van der Waals surface area contributed by atoms with Gasteiger partial charge < -0.3 is 18.9 Å².